The Labute approximate surface area is 175 Å². The van der Waals surface area contributed by atoms with Crippen molar-refractivity contribution in [1.29, 1.82) is 0 Å². The minimum Gasteiger partial charge on any atom is -0.324 e. The van der Waals surface area contributed by atoms with E-state index < -0.39 is 5.66 Å². The van der Waals surface area contributed by atoms with Gasteiger partial charge in [0.1, 0.15) is 0 Å². The molecule has 2 atom stereocenters. The molecule has 1 fully saturated rings. The van der Waals surface area contributed by atoms with Crippen LogP contribution >= 0.6 is 0 Å². The monoisotopic (exact) mass is 394 g/mol. The van der Waals surface area contributed by atoms with Gasteiger partial charge < -0.3 is 5.32 Å². The number of para-hydroxylation sites is 3. The van der Waals surface area contributed by atoms with E-state index in [4.69, 9.17) is 5.10 Å². The van der Waals surface area contributed by atoms with Crippen molar-refractivity contribution in [1.82, 2.24) is 0 Å². The molecule has 6 rings (SSSR count). The molecule has 1 spiro atoms. The van der Waals surface area contributed by atoms with Gasteiger partial charge in [-0.3, -0.25) is 9.69 Å². The number of amidine groups is 1. The standard InChI is InChI=1S/C25H22N4O/c30-24-20-14-9-17-25(20)28(22-16-8-7-15-21(22)26-24)23(18-10-3-1-4-11-18)27-29(25)19-12-5-2-6-13-19/h1-8,10-13,15-16,20H,9,14,17H2,(H,26,30)/t20-,25-/m0/s1. The molecule has 0 bridgehead atoms. The molecular formula is C25H22N4O. The van der Waals surface area contributed by atoms with Crippen LogP contribution in [0.1, 0.15) is 24.8 Å². The number of rotatable bonds is 2. The molecule has 5 nitrogen and oxygen atoms in total. The van der Waals surface area contributed by atoms with Gasteiger partial charge in [-0.25, -0.2) is 5.01 Å². The largest absolute Gasteiger partial charge is 0.324 e. The van der Waals surface area contributed by atoms with Crippen LogP contribution < -0.4 is 15.2 Å². The summed E-state index contributed by atoms with van der Waals surface area (Å²) in [5, 5.41) is 10.5. The number of hydrogen-bond acceptors (Lipinski definition) is 4. The second kappa shape index (κ2) is 6.46. The molecule has 5 heteroatoms. The van der Waals surface area contributed by atoms with Crippen molar-refractivity contribution in [3.63, 3.8) is 0 Å². The summed E-state index contributed by atoms with van der Waals surface area (Å²) in [5.41, 5.74) is 3.34. The minimum absolute atomic E-state index is 0.0768. The fraction of sp³-hybridized carbons (Fsp3) is 0.200. The van der Waals surface area contributed by atoms with E-state index >= 15 is 0 Å². The zero-order chi connectivity index (χ0) is 20.1. The van der Waals surface area contributed by atoms with Crippen LogP contribution in [0.3, 0.4) is 0 Å². The number of anilines is 3. The van der Waals surface area contributed by atoms with Gasteiger partial charge in [0.15, 0.2) is 11.5 Å². The van der Waals surface area contributed by atoms with E-state index in [0.29, 0.717) is 0 Å². The quantitative estimate of drug-likeness (QED) is 0.678. The smallest absolute Gasteiger partial charge is 0.231 e. The average molecular weight is 394 g/mol. The molecule has 1 amide bonds. The number of amides is 1. The summed E-state index contributed by atoms with van der Waals surface area (Å²) in [6, 6.07) is 28.6. The molecular weight excluding hydrogens is 372 g/mol. The summed E-state index contributed by atoms with van der Waals surface area (Å²) in [4.78, 5) is 15.7. The first-order valence-electron chi connectivity index (χ1n) is 10.5. The van der Waals surface area contributed by atoms with E-state index in [1.54, 1.807) is 0 Å². The summed E-state index contributed by atoms with van der Waals surface area (Å²) in [6.45, 7) is 0. The van der Waals surface area contributed by atoms with Crippen LogP contribution in [0.2, 0.25) is 0 Å². The summed E-state index contributed by atoms with van der Waals surface area (Å²) < 4.78 is 0. The molecule has 3 aromatic rings. The number of fused-ring (bicyclic) bond motifs is 2. The van der Waals surface area contributed by atoms with Gasteiger partial charge >= 0.3 is 0 Å². The number of hydrogen-bond donors (Lipinski definition) is 1. The van der Waals surface area contributed by atoms with Crippen LogP contribution in [0.25, 0.3) is 0 Å². The molecule has 2 heterocycles. The Morgan fingerprint density at radius 3 is 2.40 bits per heavy atom. The van der Waals surface area contributed by atoms with E-state index in [2.05, 4.69) is 45.6 Å². The lowest BCUT2D eigenvalue weighted by molar-refractivity contribution is -0.121. The Kier molecular flexibility index (Phi) is 3.72. The Morgan fingerprint density at radius 1 is 0.900 bits per heavy atom. The van der Waals surface area contributed by atoms with Gasteiger partial charge in [-0.15, -0.1) is 0 Å². The number of carbonyl (C=O) groups excluding carboxylic acids is 1. The number of nitrogens with one attached hydrogen (secondary N) is 1. The Balaban J connectivity index is 1.65. The van der Waals surface area contributed by atoms with E-state index in [-0.39, 0.29) is 11.8 Å². The second-order valence-corrected chi connectivity index (χ2v) is 8.10. The predicted molar refractivity (Wildman–Crippen MR) is 120 cm³/mol. The molecule has 148 valence electrons. The Hall–Kier alpha value is -3.60. The van der Waals surface area contributed by atoms with Crippen molar-refractivity contribution in [2.45, 2.75) is 24.9 Å². The maximum atomic E-state index is 13.4. The van der Waals surface area contributed by atoms with Gasteiger partial charge in [0.2, 0.25) is 5.91 Å². The van der Waals surface area contributed by atoms with Crippen LogP contribution in [0.15, 0.2) is 90.0 Å². The molecule has 0 unspecified atom stereocenters. The molecule has 1 saturated carbocycles. The first-order valence-corrected chi connectivity index (χ1v) is 10.5. The molecule has 0 aromatic heterocycles. The maximum absolute atomic E-state index is 13.4. The number of benzene rings is 3. The van der Waals surface area contributed by atoms with Gasteiger partial charge in [0.05, 0.1) is 23.0 Å². The molecule has 0 saturated heterocycles. The summed E-state index contributed by atoms with van der Waals surface area (Å²) in [7, 11) is 0. The van der Waals surface area contributed by atoms with E-state index in [1.165, 1.54) is 0 Å². The van der Waals surface area contributed by atoms with Crippen LogP contribution in [-0.2, 0) is 4.79 Å². The SMILES string of the molecule is O=C1Nc2ccccc2N2C(c3ccccc3)=NN(c3ccccc3)[C@]23CCC[C@@H]13. The zero-order valence-electron chi connectivity index (χ0n) is 16.5. The molecule has 30 heavy (non-hydrogen) atoms. The van der Waals surface area contributed by atoms with Gasteiger partial charge in [-0.1, -0.05) is 60.7 Å². The third-order valence-electron chi connectivity index (χ3n) is 6.51. The first-order chi connectivity index (χ1) is 14.8. The highest BCUT2D eigenvalue weighted by Gasteiger charge is 2.61. The lowest BCUT2D eigenvalue weighted by atomic mass is 9.92. The van der Waals surface area contributed by atoms with Crippen molar-refractivity contribution in [2.24, 2.45) is 11.0 Å². The van der Waals surface area contributed by atoms with Gasteiger partial charge in [-0.2, -0.15) is 5.10 Å². The molecule has 3 aliphatic rings. The maximum Gasteiger partial charge on any atom is 0.231 e. The van der Waals surface area contributed by atoms with E-state index in [0.717, 1.165) is 47.7 Å². The van der Waals surface area contributed by atoms with Crippen molar-refractivity contribution in [2.75, 3.05) is 15.2 Å². The topological polar surface area (TPSA) is 47.9 Å². The fourth-order valence-electron chi connectivity index (χ4n) is 5.28. The van der Waals surface area contributed by atoms with Crippen LogP contribution in [0.5, 0.6) is 0 Å². The first kappa shape index (κ1) is 17.3. The lowest BCUT2D eigenvalue weighted by Gasteiger charge is -2.44. The summed E-state index contributed by atoms with van der Waals surface area (Å²) in [6.07, 6.45) is 2.70. The number of hydrazone groups is 1. The summed E-state index contributed by atoms with van der Waals surface area (Å²) >= 11 is 0. The minimum atomic E-state index is -0.552. The van der Waals surface area contributed by atoms with Crippen molar-refractivity contribution < 1.29 is 4.79 Å². The van der Waals surface area contributed by atoms with Crippen LogP contribution in [0.4, 0.5) is 17.1 Å². The Morgan fingerprint density at radius 2 is 1.60 bits per heavy atom. The Bertz CT molecular complexity index is 1140. The second-order valence-electron chi connectivity index (χ2n) is 8.10. The molecule has 1 N–H and O–H groups in total. The van der Waals surface area contributed by atoms with E-state index in [1.807, 2.05) is 54.6 Å². The highest BCUT2D eigenvalue weighted by Crippen LogP contribution is 2.53. The highest BCUT2D eigenvalue weighted by atomic mass is 16.2. The third kappa shape index (κ3) is 2.29. The highest BCUT2D eigenvalue weighted by molar-refractivity contribution is 6.17. The van der Waals surface area contributed by atoms with Gasteiger partial charge in [0.25, 0.3) is 0 Å². The molecule has 3 aromatic carbocycles. The molecule has 2 aliphatic heterocycles. The van der Waals surface area contributed by atoms with Crippen molar-refractivity contribution in [3.8, 4) is 0 Å². The lowest BCUT2D eigenvalue weighted by Crippen LogP contribution is -2.60. The molecule has 0 radical (unpaired) electrons. The fourth-order valence-corrected chi connectivity index (χ4v) is 5.28. The summed E-state index contributed by atoms with van der Waals surface area (Å²) in [5.74, 6) is 0.776. The normalized spacial score (nSPS) is 24.5. The van der Waals surface area contributed by atoms with Gasteiger partial charge in [0, 0.05) is 5.56 Å². The average Bonchev–Trinajstić information content (AvgIpc) is 3.36. The number of nitrogens with zero attached hydrogens (tertiary/aromatic N) is 3. The third-order valence-corrected chi connectivity index (χ3v) is 6.51. The number of carbonyl (C=O) groups is 1. The van der Waals surface area contributed by atoms with Crippen LogP contribution in [-0.4, -0.2) is 17.4 Å². The molecule has 1 aliphatic carbocycles. The van der Waals surface area contributed by atoms with Crippen LogP contribution in [0, 0.1) is 5.92 Å². The van der Waals surface area contributed by atoms with E-state index in [9.17, 15) is 4.79 Å². The zero-order valence-corrected chi connectivity index (χ0v) is 16.5. The predicted octanol–water partition coefficient (Wildman–Crippen LogP) is 4.82. The van der Waals surface area contributed by atoms with Gasteiger partial charge in [-0.05, 0) is 43.5 Å². The van der Waals surface area contributed by atoms with Crippen molar-refractivity contribution >= 4 is 28.8 Å². The van der Waals surface area contributed by atoms with Crippen molar-refractivity contribution in [3.05, 3.63) is 90.5 Å².